The number of rotatable bonds is 6. The first-order valence-electron chi connectivity index (χ1n) is 7.82. The van der Waals surface area contributed by atoms with Crippen molar-refractivity contribution in [3.8, 4) is 0 Å². The molecule has 0 bridgehead atoms. The van der Waals surface area contributed by atoms with E-state index in [4.69, 9.17) is 0 Å². The molecule has 0 aliphatic heterocycles. The SMILES string of the molecule is O=C(CNc1ccccc1)c1ccncc1Cc1ccc(I)cc1F. The molecular formula is C20H16FIN2O. The Hall–Kier alpha value is -2.28. The molecule has 1 N–H and O–H groups in total. The Balaban J connectivity index is 1.77. The second-order valence-corrected chi connectivity index (χ2v) is 6.83. The lowest BCUT2D eigenvalue weighted by Crippen LogP contribution is -2.16. The Morgan fingerprint density at radius 2 is 1.88 bits per heavy atom. The molecule has 0 spiro atoms. The van der Waals surface area contributed by atoms with Crippen LogP contribution in [-0.2, 0) is 6.42 Å². The third-order valence-electron chi connectivity index (χ3n) is 3.83. The molecule has 0 saturated carbocycles. The Kier molecular flexibility index (Phi) is 5.75. The minimum atomic E-state index is -0.267. The van der Waals surface area contributed by atoms with Crippen LogP contribution in [0.1, 0.15) is 21.5 Å². The molecule has 1 heterocycles. The largest absolute Gasteiger partial charge is 0.378 e. The summed E-state index contributed by atoms with van der Waals surface area (Å²) in [5, 5.41) is 3.11. The number of anilines is 1. The molecule has 0 fully saturated rings. The van der Waals surface area contributed by atoms with Crippen LogP contribution in [0.25, 0.3) is 0 Å². The molecule has 0 atom stereocenters. The van der Waals surface area contributed by atoms with Crippen molar-refractivity contribution in [3.05, 3.63) is 93.1 Å². The molecule has 0 radical (unpaired) electrons. The van der Waals surface area contributed by atoms with Crippen molar-refractivity contribution in [2.75, 3.05) is 11.9 Å². The molecule has 1 aromatic heterocycles. The number of benzene rings is 2. The molecule has 2 aromatic carbocycles. The van der Waals surface area contributed by atoms with E-state index in [1.54, 1.807) is 24.5 Å². The molecule has 25 heavy (non-hydrogen) atoms. The van der Waals surface area contributed by atoms with Gasteiger partial charge >= 0.3 is 0 Å². The van der Waals surface area contributed by atoms with E-state index in [0.717, 1.165) is 14.8 Å². The van der Waals surface area contributed by atoms with E-state index in [1.807, 2.05) is 36.4 Å². The number of Topliss-reactive ketones (excluding diaryl/α,β-unsaturated/α-hetero) is 1. The quantitative estimate of drug-likeness (QED) is 0.441. The second-order valence-electron chi connectivity index (χ2n) is 5.59. The number of ketones is 1. The van der Waals surface area contributed by atoms with Crippen LogP contribution >= 0.6 is 22.6 Å². The summed E-state index contributed by atoms with van der Waals surface area (Å²) in [7, 11) is 0. The Morgan fingerprint density at radius 3 is 2.64 bits per heavy atom. The van der Waals surface area contributed by atoms with E-state index in [1.165, 1.54) is 6.07 Å². The molecule has 3 nitrogen and oxygen atoms in total. The predicted molar refractivity (Wildman–Crippen MR) is 105 cm³/mol. The maximum absolute atomic E-state index is 14.1. The topological polar surface area (TPSA) is 42.0 Å². The first-order valence-corrected chi connectivity index (χ1v) is 8.90. The van der Waals surface area contributed by atoms with Crippen LogP contribution in [0.5, 0.6) is 0 Å². The van der Waals surface area contributed by atoms with Crippen molar-refractivity contribution < 1.29 is 9.18 Å². The zero-order chi connectivity index (χ0) is 17.6. The predicted octanol–water partition coefficient (Wildman–Crippen LogP) is 4.71. The number of halogens is 2. The Morgan fingerprint density at radius 1 is 1.08 bits per heavy atom. The van der Waals surface area contributed by atoms with Gasteiger partial charge in [0, 0.05) is 33.6 Å². The normalized spacial score (nSPS) is 10.5. The van der Waals surface area contributed by atoms with Crippen LogP contribution in [0, 0.1) is 9.39 Å². The highest BCUT2D eigenvalue weighted by molar-refractivity contribution is 14.1. The number of hydrogen-bond acceptors (Lipinski definition) is 3. The fourth-order valence-corrected chi connectivity index (χ4v) is 3.00. The van der Waals surface area contributed by atoms with Crippen LogP contribution in [0.4, 0.5) is 10.1 Å². The molecule has 0 amide bonds. The first-order chi connectivity index (χ1) is 12.1. The van der Waals surface area contributed by atoms with Crippen molar-refractivity contribution in [1.82, 2.24) is 4.98 Å². The number of nitrogens with one attached hydrogen (secondary N) is 1. The van der Waals surface area contributed by atoms with Gasteiger partial charge in [0.1, 0.15) is 5.82 Å². The van der Waals surface area contributed by atoms with Crippen LogP contribution in [-0.4, -0.2) is 17.3 Å². The summed E-state index contributed by atoms with van der Waals surface area (Å²) in [5.41, 5.74) is 2.73. The van der Waals surface area contributed by atoms with Gasteiger partial charge in [-0.1, -0.05) is 24.3 Å². The van der Waals surface area contributed by atoms with Gasteiger partial charge in [0.2, 0.25) is 0 Å². The number of aromatic nitrogens is 1. The van der Waals surface area contributed by atoms with Crippen molar-refractivity contribution in [2.24, 2.45) is 0 Å². The van der Waals surface area contributed by atoms with E-state index in [-0.39, 0.29) is 18.1 Å². The average molecular weight is 446 g/mol. The summed E-state index contributed by atoms with van der Waals surface area (Å²) in [6.45, 7) is 0.177. The molecule has 0 aliphatic carbocycles. The van der Waals surface area contributed by atoms with Gasteiger partial charge in [-0.2, -0.15) is 0 Å². The molecule has 0 unspecified atom stereocenters. The molecule has 126 valence electrons. The molecule has 3 aromatic rings. The van der Waals surface area contributed by atoms with E-state index >= 15 is 0 Å². The van der Waals surface area contributed by atoms with E-state index in [0.29, 0.717) is 17.5 Å². The zero-order valence-corrected chi connectivity index (χ0v) is 15.5. The van der Waals surface area contributed by atoms with Crippen LogP contribution < -0.4 is 5.32 Å². The van der Waals surface area contributed by atoms with Gasteiger partial charge in [0.25, 0.3) is 0 Å². The van der Waals surface area contributed by atoms with Crippen LogP contribution in [0.2, 0.25) is 0 Å². The lowest BCUT2D eigenvalue weighted by atomic mass is 9.99. The zero-order valence-electron chi connectivity index (χ0n) is 13.4. The van der Waals surface area contributed by atoms with Gasteiger partial charge in [-0.15, -0.1) is 0 Å². The van der Waals surface area contributed by atoms with E-state index in [2.05, 4.69) is 32.9 Å². The lowest BCUT2D eigenvalue weighted by molar-refractivity contribution is 0.100. The van der Waals surface area contributed by atoms with Gasteiger partial charge in [0.05, 0.1) is 6.54 Å². The highest BCUT2D eigenvalue weighted by Gasteiger charge is 2.13. The Bertz CT molecular complexity index is 884. The average Bonchev–Trinajstić information content (AvgIpc) is 2.63. The number of pyridine rings is 1. The third-order valence-corrected chi connectivity index (χ3v) is 4.50. The molecule has 0 saturated heterocycles. The molecular weight excluding hydrogens is 430 g/mol. The summed E-state index contributed by atoms with van der Waals surface area (Å²) in [5.74, 6) is -0.316. The fraction of sp³-hybridized carbons (Fsp3) is 0.100. The summed E-state index contributed by atoms with van der Waals surface area (Å²) < 4.78 is 15.0. The fourth-order valence-electron chi connectivity index (χ4n) is 2.54. The number of nitrogens with zero attached hydrogens (tertiary/aromatic N) is 1. The summed E-state index contributed by atoms with van der Waals surface area (Å²) in [6.07, 6.45) is 3.56. The molecule has 3 rings (SSSR count). The maximum atomic E-state index is 14.1. The smallest absolute Gasteiger partial charge is 0.182 e. The number of carbonyl (C=O) groups is 1. The van der Waals surface area contributed by atoms with Gasteiger partial charge in [-0.3, -0.25) is 9.78 Å². The monoisotopic (exact) mass is 446 g/mol. The van der Waals surface area contributed by atoms with Crippen LogP contribution in [0.15, 0.2) is 67.0 Å². The van der Waals surface area contributed by atoms with E-state index < -0.39 is 0 Å². The number of carbonyl (C=O) groups excluding carboxylic acids is 1. The van der Waals surface area contributed by atoms with Crippen LogP contribution in [0.3, 0.4) is 0 Å². The summed E-state index contributed by atoms with van der Waals surface area (Å²) in [4.78, 5) is 16.7. The second kappa shape index (κ2) is 8.20. The third kappa shape index (κ3) is 4.63. The number of hydrogen-bond donors (Lipinski definition) is 1. The molecule has 0 aliphatic rings. The van der Waals surface area contributed by atoms with Crippen molar-refractivity contribution in [1.29, 1.82) is 0 Å². The van der Waals surface area contributed by atoms with Crippen molar-refractivity contribution in [3.63, 3.8) is 0 Å². The van der Waals surface area contributed by atoms with Gasteiger partial charge < -0.3 is 5.32 Å². The standard InChI is InChI=1S/C20H16FIN2O/c21-19-11-16(22)7-6-14(19)10-15-12-23-9-8-18(15)20(25)13-24-17-4-2-1-3-5-17/h1-9,11-12,24H,10,13H2. The number of para-hydroxylation sites is 1. The Labute approximate surface area is 159 Å². The first kappa shape index (κ1) is 17.5. The van der Waals surface area contributed by atoms with Gasteiger partial charge in [-0.25, -0.2) is 4.39 Å². The maximum Gasteiger partial charge on any atom is 0.182 e. The van der Waals surface area contributed by atoms with Crippen molar-refractivity contribution >= 4 is 34.1 Å². The summed E-state index contributed by atoms with van der Waals surface area (Å²) >= 11 is 2.07. The van der Waals surface area contributed by atoms with Crippen molar-refractivity contribution in [2.45, 2.75) is 6.42 Å². The molecule has 5 heteroatoms. The van der Waals surface area contributed by atoms with Gasteiger partial charge in [-0.05, 0) is 64.0 Å². The highest BCUT2D eigenvalue weighted by atomic mass is 127. The van der Waals surface area contributed by atoms with Gasteiger partial charge in [0.15, 0.2) is 5.78 Å². The summed E-state index contributed by atoms with van der Waals surface area (Å²) in [6, 6.07) is 16.3. The highest BCUT2D eigenvalue weighted by Crippen LogP contribution is 2.19. The minimum absolute atomic E-state index is 0.0489. The minimum Gasteiger partial charge on any atom is -0.378 e. The lowest BCUT2D eigenvalue weighted by Gasteiger charge is -2.10. The van der Waals surface area contributed by atoms with E-state index in [9.17, 15) is 9.18 Å².